The van der Waals surface area contributed by atoms with Gasteiger partial charge in [-0.25, -0.2) is 4.98 Å². The third kappa shape index (κ3) is 4.02. The zero-order valence-corrected chi connectivity index (χ0v) is 17.8. The smallest absolute Gasteiger partial charge is 0.202 e. The number of benzene rings is 1. The molecule has 3 aromatic rings. The minimum Gasteiger partial charge on any atom is -0.482 e. The first kappa shape index (κ1) is 20.6. The van der Waals surface area contributed by atoms with E-state index >= 15 is 0 Å². The Hall–Kier alpha value is -2.08. The van der Waals surface area contributed by atoms with Gasteiger partial charge in [0, 0.05) is 41.7 Å². The predicted molar refractivity (Wildman–Crippen MR) is 112 cm³/mol. The maximum absolute atomic E-state index is 12.8. The molecule has 0 saturated heterocycles. The summed E-state index contributed by atoms with van der Waals surface area (Å²) < 4.78 is 13.0. The second-order valence-corrected chi connectivity index (χ2v) is 7.47. The average molecular weight is 421 g/mol. The fraction of sp³-hybridized carbons (Fsp3) is 0.333. The van der Waals surface area contributed by atoms with E-state index < -0.39 is 0 Å². The number of nitrogens with zero attached hydrogens (tertiary/aromatic N) is 2. The summed E-state index contributed by atoms with van der Waals surface area (Å²) in [5.41, 5.74) is 3.89. The van der Waals surface area contributed by atoms with Crippen LogP contribution in [0, 0.1) is 20.8 Å². The van der Waals surface area contributed by atoms with Gasteiger partial charge in [-0.05, 0) is 45.0 Å². The van der Waals surface area contributed by atoms with E-state index in [1.54, 1.807) is 13.2 Å². The fourth-order valence-corrected chi connectivity index (χ4v) is 3.82. The minimum atomic E-state index is -0.138. The highest BCUT2D eigenvalue weighted by Crippen LogP contribution is 2.37. The Labute approximate surface area is 174 Å². The molecule has 5 nitrogen and oxygen atoms in total. The monoisotopic (exact) mass is 420 g/mol. The lowest BCUT2D eigenvalue weighted by molar-refractivity contribution is 0.0921. The van der Waals surface area contributed by atoms with Gasteiger partial charge in [0.15, 0.2) is 12.4 Å². The van der Waals surface area contributed by atoms with Gasteiger partial charge in [0.1, 0.15) is 5.52 Å². The van der Waals surface area contributed by atoms with E-state index in [2.05, 4.69) is 9.55 Å². The highest BCUT2D eigenvalue weighted by molar-refractivity contribution is 6.39. The Bertz CT molecular complexity index is 1040. The van der Waals surface area contributed by atoms with Crippen LogP contribution in [0.15, 0.2) is 24.3 Å². The summed E-state index contributed by atoms with van der Waals surface area (Å²) in [5, 5.41) is 1.55. The molecule has 0 spiro atoms. The van der Waals surface area contributed by atoms with Crippen LogP contribution in [-0.2, 0) is 11.3 Å². The van der Waals surface area contributed by atoms with Gasteiger partial charge >= 0.3 is 0 Å². The summed E-state index contributed by atoms with van der Waals surface area (Å²) in [6, 6.07) is 7.22. The van der Waals surface area contributed by atoms with E-state index in [1.165, 1.54) is 0 Å². The highest BCUT2D eigenvalue weighted by atomic mass is 35.5. The number of aromatic nitrogens is 2. The van der Waals surface area contributed by atoms with Gasteiger partial charge in [-0.15, -0.1) is 0 Å². The fourth-order valence-electron chi connectivity index (χ4n) is 3.25. The number of fused-ring (bicyclic) bond motifs is 1. The first-order valence-corrected chi connectivity index (χ1v) is 9.66. The van der Waals surface area contributed by atoms with Crippen molar-refractivity contribution in [1.82, 2.24) is 9.55 Å². The van der Waals surface area contributed by atoms with E-state index in [4.69, 9.17) is 32.7 Å². The first-order chi connectivity index (χ1) is 13.3. The van der Waals surface area contributed by atoms with E-state index in [0.717, 1.165) is 22.5 Å². The van der Waals surface area contributed by atoms with Crippen LogP contribution >= 0.6 is 23.2 Å². The van der Waals surface area contributed by atoms with Crippen molar-refractivity contribution in [1.29, 1.82) is 0 Å². The topological polar surface area (TPSA) is 53.4 Å². The number of halogens is 2. The van der Waals surface area contributed by atoms with Crippen molar-refractivity contribution in [2.75, 3.05) is 20.3 Å². The standard InChI is InChI=1S/C21H22Cl2N2O3/c1-12-5-6-15-17(22)10-18(23)21(20(15)24-12)28-11-19(26)16-9-13(2)25(14(16)3)7-8-27-4/h5-6,9-10H,7-8,11H2,1-4H3. The molecule has 2 aromatic heterocycles. The zero-order valence-electron chi connectivity index (χ0n) is 16.3. The van der Waals surface area contributed by atoms with Crippen molar-refractivity contribution < 1.29 is 14.3 Å². The number of rotatable bonds is 7. The Morgan fingerprint density at radius 2 is 1.89 bits per heavy atom. The minimum absolute atomic E-state index is 0.122. The summed E-state index contributed by atoms with van der Waals surface area (Å²) in [7, 11) is 1.66. The number of pyridine rings is 1. The number of Topliss-reactive ketones (excluding diaryl/α,β-unsaturated/α-hetero) is 1. The van der Waals surface area contributed by atoms with E-state index in [-0.39, 0.29) is 12.4 Å². The molecule has 0 saturated carbocycles. The molecular formula is C21H22Cl2N2O3. The molecule has 0 bridgehead atoms. The molecule has 0 amide bonds. The lowest BCUT2D eigenvalue weighted by Gasteiger charge is -2.12. The molecule has 28 heavy (non-hydrogen) atoms. The molecule has 0 radical (unpaired) electrons. The summed E-state index contributed by atoms with van der Waals surface area (Å²) >= 11 is 12.6. The van der Waals surface area contributed by atoms with E-state index in [0.29, 0.717) is 40.0 Å². The zero-order chi connectivity index (χ0) is 20.4. The van der Waals surface area contributed by atoms with Crippen LogP contribution in [0.3, 0.4) is 0 Å². The Balaban J connectivity index is 1.87. The molecule has 0 unspecified atom stereocenters. The lowest BCUT2D eigenvalue weighted by atomic mass is 10.1. The van der Waals surface area contributed by atoms with Gasteiger partial charge in [-0.2, -0.15) is 0 Å². The number of hydrogen-bond acceptors (Lipinski definition) is 4. The first-order valence-electron chi connectivity index (χ1n) is 8.90. The van der Waals surface area contributed by atoms with Crippen LogP contribution in [0.4, 0.5) is 0 Å². The SMILES string of the molecule is COCCn1c(C)cc(C(=O)COc2c(Cl)cc(Cl)c3ccc(C)nc23)c1C. The summed E-state index contributed by atoms with van der Waals surface area (Å²) in [5.74, 6) is 0.245. The lowest BCUT2D eigenvalue weighted by Crippen LogP contribution is -2.14. The van der Waals surface area contributed by atoms with Crippen molar-refractivity contribution in [3.63, 3.8) is 0 Å². The molecule has 0 N–H and O–H groups in total. The maximum atomic E-state index is 12.8. The number of carbonyl (C=O) groups is 1. The second-order valence-electron chi connectivity index (χ2n) is 6.66. The van der Waals surface area contributed by atoms with Crippen molar-refractivity contribution in [3.8, 4) is 5.75 Å². The van der Waals surface area contributed by atoms with Crippen LogP contribution in [0.25, 0.3) is 10.9 Å². The number of aryl methyl sites for hydroxylation is 2. The summed E-state index contributed by atoms with van der Waals surface area (Å²) in [6.07, 6.45) is 0. The average Bonchev–Trinajstić information content (AvgIpc) is 2.93. The second kappa shape index (κ2) is 8.52. The third-order valence-electron chi connectivity index (χ3n) is 4.72. The molecule has 0 atom stereocenters. The molecular weight excluding hydrogens is 399 g/mol. The predicted octanol–water partition coefficient (Wildman–Crippen LogP) is 5.18. The van der Waals surface area contributed by atoms with Crippen LogP contribution in [0.5, 0.6) is 5.75 Å². The molecule has 7 heteroatoms. The van der Waals surface area contributed by atoms with Crippen molar-refractivity contribution in [3.05, 3.63) is 57.0 Å². The van der Waals surface area contributed by atoms with Gasteiger partial charge in [-0.3, -0.25) is 4.79 Å². The van der Waals surface area contributed by atoms with Gasteiger partial charge in [0.05, 0.1) is 16.7 Å². The number of ether oxygens (including phenoxy) is 2. The van der Waals surface area contributed by atoms with Crippen molar-refractivity contribution in [2.24, 2.45) is 0 Å². The summed E-state index contributed by atoms with van der Waals surface area (Å²) in [4.78, 5) is 17.3. The van der Waals surface area contributed by atoms with E-state index in [1.807, 2.05) is 39.0 Å². The highest BCUT2D eigenvalue weighted by Gasteiger charge is 2.19. The van der Waals surface area contributed by atoms with Gasteiger partial charge in [-0.1, -0.05) is 23.2 Å². The van der Waals surface area contributed by atoms with Crippen LogP contribution in [0.2, 0.25) is 10.0 Å². The van der Waals surface area contributed by atoms with Crippen LogP contribution < -0.4 is 4.74 Å². The Morgan fingerprint density at radius 1 is 1.14 bits per heavy atom. The van der Waals surface area contributed by atoms with Crippen LogP contribution in [-0.4, -0.2) is 35.7 Å². The summed E-state index contributed by atoms with van der Waals surface area (Å²) in [6.45, 7) is 6.90. The molecule has 3 rings (SSSR count). The third-order valence-corrected chi connectivity index (χ3v) is 5.31. The normalized spacial score (nSPS) is 11.2. The number of methoxy groups -OCH3 is 1. The van der Waals surface area contributed by atoms with Crippen LogP contribution in [0.1, 0.15) is 27.4 Å². The quantitative estimate of drug-likeness (QED) is 0.494. The molecule has 1 aromatic carbocycles. The molecule has 2 heterocycles. The molecule has 148 valence electrons. The largest absolute Gasteiger partial charge is 0.482 e. The van der Waals surface area contributed by atoms with Gasteiger partial charge < -0.3 is 14.0 Å². The van der Waals surface area contributed by atoms with Gasteiger partial charge in [0.2, 0.25) is 5.78 Å². The molecule has 0 aliphatic heterocycles. The van der Waals surface area contributed by atoms with Crippen molar-refractivity contribution in [2.45, 2.75) is 27.3 Å². The number of ketones is 1. The van der Waals surface area contributed by atoms with Crippen molar-refractivity contribution >= 4 is 39.9 Å². The Morgan fingerprint density at radius 3 is 2.61 bits per heavy atom. The molecule has 0 fully saturated rings. The molecule has 0 aliphatic carbocycles. The maximum Gasteiger partial charge on any atom is 0.202 e. The molecule has 0 aliphatic rings. The Kier molecular flexibility index (Phi) is 6.28. The van der Waals surface area contributed by atoms with E-state index in [9.17, 15) is 4.79 Å². The number of hydrogen-bond donors (Lipinski definition) is 0. The van der Waals surface area contributed by atoms with Gasteiger partial charge in [0.25, 0.3) is 0 Å². The number of carbonyl (C=O) groups excluding carboxylic acids is 1.